The predicted octanol–water partition coefficient (Wildman–Crippen LogP) is 2.20. The Labute approximate surface area is 63.4 Å². The number of allylic oxidation sites excluding steroid dienone is 4. The summed E-state index contributed by atoms with van der Waals surface area (Å²) in [7, 11) is 1.96. The van der Waals surface area contributed by atoms with Gasteiger partial charge in [0.25, 0.3) is 0 Å². The highest BCUT2D eigenvalue weighted by Crippen LogP contribution is 1.99. The van der Waals surface area contributed by atoms with Crippen molar-refractivity contribution in [3.63, 3.8) is 0 Å². The minimum atomic E-state index is 1.03. The van der Waals surface area contributed by atoms with E-state index in [1.807, 2.05) is 30.7 Å². The van der Waals surface area contributed by atoms with Crippen LogP contribution in [0.25, 0.3) is 0 Å². The van der Waals surface area contributed by atoms with Gasteiger partial charge < -0.3 is 0 Å². The molecule has 0 rings (SSSR count). The van der Waals surface area contributed by atoms with E-state index in [4.69, 9.17) is 0 Å². The van der Waals surface area contributed by atoms with Crippen LogP contribution in [0.3, 0.4) is 0 Å². The summed E-state index contributed by atoms with van der Waals surface area (Å²) in [6.45, 7) is 7.92. The quantitative estimate of drug-likeness (QED) is 0.319. The van der Waals surface area contributed by atoms with Gasteiger partial charge in [0, 0.05) is 12.5 Å². The summed E-state index contributed by atoms with van der Waals surface area (Å²) in [5, 5.41) is 0. The van der Waals surface area contributed by atoms with Gasteiger partial charge in [-0.2, -0.15) is 0 Å². The first-order chi connectivity index (χ1) is 4.72. The Morgan fingerprint density at radius 1 is 1.60 bits per heavy atom. The summed E-state index contributed by atoms with van der Waals surface area (Å²) in [4.78, 5) is 0. The monoisotopic (exact) mass is 138 g/mol. The molecule has 1 nitrogen and oxygen atoms in total. The van der Waals surface area contributed by atoms with Crippen LogP contribution >= 0.6 is 0 Å². The average Bonchev–Trinajstić information content (AvgIpc) is 1.89. The second-order valence-corrected chi connectivity index (χ2v) is 2.24. The summed E-state index contributed by atoms with van der Waals surface area (Å²) >= 11 is 0. The number of rotatable bonds is 3. The minimum Gasteiger partial charge on any atom is -0.212 e. The topological polar surface area (TPSA) is 3.01 Å². The summed E-state index contributed by atoms with van der Waals surface area (Å²) < 4.78 is 1.89. The molecule has 0 aliphatic rings. The molecule has 0 atom stereocenters. The fourth-order valence-electron chi connectivity index (χ4n) is 0.722. The van der Waals surface area contributed by atoms with Crippen LogP contribution in [0.15, 0.2) is 23.9 Å². The van der Waals surface area contributed by atoms with Gasteiger partial charge in [0.1, 0.15) is 13.8 Å². The van der Waals surface area contributed by atoms with Crippen molar-refractivity contribution in [2.45, 2.75) is 20.3 Å². The first kappa shape index (κ1) is 9.15. The maximum Gasteiger partial charge on any atom is 0.180 e. The van der Waals surface area contributed by atoms with Gasteiger partial charge in [-0.25, -0.2) is 4.58 Å². The van der Waals surface area contributed by atoms with E-state index >= 15 is 0 Å². The zero-order valence-corrected chi connectivity index (χ0v) is 7.09. The van der Waals surface area contributed by atoms with E-state index < -0.39 is 0 Å². The smallest absolute Gasteiger partial charge is 0.180 e. The molecule has 0 aliphatic heterocycles. The molecule has 0 saturated heterocycles. The number of nitrogens with zero attached hydrogens (tertiary/aromatic N) is 1. The Balaban J connectivity index is 4.18. The van der Waals surface area contributed by atoms with Gasteiger partial charge in [-0.3, -0.25) is 0 Å². The molecule has 0 spiro atoms. The molecular formula is C9H16N+. The molecule has 0 radical (unpaired) electrons. The third-order valence-corrected chi connectivity index (χ3v) is 1.33. The molecule has 10 heavy (non-hydrogen) atoms. The van der Waals surface area contributed by atoms with Crippen LogP contribution in [0.4, 0.5) is 0 Å². The molecule has 1 heteroatoms. The lowest BCUT2D eigenvalue weighted by Gasteiger charge is -1.93. The van der Waals surface area contributed by atoms with Gasteiger partial charge in [0.2, 0.25) is 0 Å². The van der Waals surface area contributed by atoms with Gasteiger partial charge in [0.05, 0.1) is 0 Å². The van der Waals surface area contributed by atoms with Gasteiger partial charge in [-0.1, -0.05) is 19.1 Å². The Hall–Kier alpha value is -0.850. The highest BCUT2D eigenvalue weighted by molar-refractivity contribution is 5.18. The molecule has 0 fully saturated rings. The molecule has 0 aromatic heterocycles. The van der Waals surface area contributed by atoms with E-state index in [9.17, 15) is 0 Å². The van der Waals surface area contributed by atoms with Crippen molar-refractivity contribution in [3.05, 3.63) is 23.9 Å². The summed E-state index contributed by atoms with van der Waals surface area (Å²) in [6, 6.07) is 0. The number of hydrogen-bond acceptors (Lipinski definition) is 0. The lowest BCUT2D eigenvalue weighted by Crippen LogP contribution is -1.99. The zero-order chi connectivity index (χ0) is 7.98. The van der Waals surface area contributed by atoms with Crippen LogP contribution < -0.4 is 0 Å². The molecule has 0 saturated carbocycles. The van der Waals surface area contributed by atoms with E-state index in [1.54, 1.807) is 0 Å². The maximum atomic E-state index is 3.79. The van der Waals surface area contributed by atoms with Crippen molar-refractivity contribution >= 4 is 6.72 Å². The highest BCUT2D eigenvalue weighted by atomic mass is 14.9. The first-order valence-corrected chi connectivity index (χ1v) is 3.58. The largest absolute Gasteiger partial charge is 0.212 e. The van der Waals surface area contributed by atoms with Crippen molar-refractivity contribution in [2.24, 2.45) is 0 Å². The SMILES string of the molecule is C=[N+](C)C(=CC=CC)CC. The van der Waals surface area contributed by atoms with Gasteiger partial charge in [-0.05, 0) is 6.92 Å². The van der Waals surface area contributed by atoms with Crippen LogP contribution in [0.5, 0.6) is 0 Å². The van der Waals surface area contributed by atoms with Crippen molar-refractivity contribution in [2.75, 3.05) is 7.05 Å². The predicted molar refractivity (Wildman–Crippen MR) is 46.5 cm³/mol. The lowest BCUT2D eigenvalue weighted by atomic mass is 10.3. The van der Waals surface area contributed by atoms with Crippen molar-refractivity contribution < 1.29 is 4.58 Å². The lowest BCUT2D eigenvalue weighted by molar-refractivity contribution is -0.436. The third-order valence-electron chi connectivity index (χ3n) is 1.33. The van der Waals surface area contributed by atoms with Crippen molar-refractivity contribution in [1.82, 2.24) is 0 Å². The summed E-state index contributed by atoms with van der Waals surface area (Å²) in [5.41, 5.74) is 1.25. The van der Waals surface area contributed by atoms with Crippen LogP contribution in [0.1, 0.15) is 20.3 Å². The third kappa shape index (κ3) is 3.23. The Kier molecular flexibility index (Phi) is 4.55. The second-order valence-electron chi connectivity index (χ2n) is 2.24. The maximum absolute atomic E-state index is 3.79. The molecule has 0 bridgehead atoms. The Morgan fingerprint density at radius 2 is 2.20 bits per heavy atom. The average molecular weight is 138 g/mol. The van der Waals surface area contributed by atoms with E-state index in [-0.39, 0.29) is 0 Å². The fraction of sp³-hybridized carbons (Fsp3) is 0.444. The molecule has 0 N–H and O–H groups in total. The van der Waals surface area contributed by atoms with Crippen molar-refractivity contribution in [3.8, 4) is 0 Å². The highest BCUT2D eigenvalue weighted by Gasteiger charge is 1.97. The van der Waals surface area contributed by atoms with E-state index in [1.165, 1.54) is 5.70 Å². The van der Waals surface area contributed by atoms with Gasteiger partial charge in [0.15, 0.2) is 5.70 Å². The molecule has 0 aromatic rings. The second kappa shape index (κ2) is 4.98. The number of hydrogen-bond donors (Lipinski definition) is 0. The minimum absolute atomic E-state index is 1.03. The molecule has 56 valence electrons. The van der Waals surface area contributed by atoms with Crippen LogP contribution in [0.2, 0.25) is 0 Å². The molecular weight excluding hydrogens is 122 g/mol. The van der Waals surface area contributed by atoms with E-state index in [0.29, 0.717) is 0 Å². The molecule has 0 unspecified atom stereocenters. The molecule has 0 aliphatic carbocycles. The van der Waals surface area contributed by atoms with Gasteiger partial charge >= 0.3 is 0 Å². The standard InChI is InChI=1S/C9H16N/c1-5-7-8-9(6-2)10(3)4/h5,7-8H,3,6H2,1-2,4H3/q+1. The van der Waals surface area contributed by atoms with Crippen LogP contribution in [0, 0.1) is 0 Å². The van der Waals surface area contributed by atoms with Gasteiger partial charge in [-0.15, -0.1) is 0 Å². The molecule has 0 heterocycles. The van der Waals surface area contributed by atoms with E-state index in [0.717, 1.165) is 6.42 Å². The first-order valence-electron chi connectivity index (χ1n) is 3.58. The van der Waals surface area contributed by atoms with Crippen molar-refractivity contribution in [1.29, 1.82) is 0 Å². The summed E-state index contributed by atoms with van der Waals surface area (Å²) in [5.74, 6) is 0. The zero-order valence-electron chi connectivity index (χ0n) is 7.09. The van der Waals surface area contributed by atoms with Crippen LogP contribution in [-0.4, -0.2) is 18.3 Å². The fourth-order valence-corrected chi connectivity index (χ4v) is 0.722. The molecule has 0 aromatic carbocycles. The Morgan fingerprint density at radius 3 is 2.50 bits per heavy atom. The van der Waals surface area contributed by atoms with Crippen LogP contribution in [-0.2, 0) is 0 Å². The molecule has 0 amide bonds. The van der Waals surface area contributed by atoms with E-state index in [2.05, 4.69) is 19.7 Å². The normalized spacial score (nSPS) is 12.5. The summed E-state index contributed by atoms with van der Waals surface area (Å²) in [6.07, 6.45) is 7.15. The Bertz CT molecular complexity index is 164.